The molecule has 4 rings (SSSR count). The number of aromatic nitrogens is 4. The van der Waals surface area contributed by atoms with Crippen LogP contribution in [0.2, 0.25) is 10.0 Å². The number of carbonyl (C=O) groups is 1. The van der Waals surface area contributed by atoms with Crippen LogP contribution in [-0.4, -0.2) is 25.1 Å². The summed E-state index contributed by atoms with van der Waals surface area (Å²) >= 11 is 13.2. The molecule has 0 saturated heterocycles. The van der Waals surface area contributed by atoms with E-state index in [2.05, 4.69) is 15.4 Å². The van der Waals surface area contributed by atoms with E-state index in [0.29, 0.717) is 32.2 Å². The molecule has 1 amide bonds. The van der Waals surface area contributed by atoms with Crippen molar-refractivity contribution >= 4 is 52.2 Å². The van der Waals surface area contributed by atoms with Crippen LogP contribution in [0.4, 0.5) is 5.69 Å². The number of fused-ring (bicyclic) bond motifs is 1. The summed E-state index contributed by atoms with van der Waals surface area (Å²) in [5, 5.41) is 8.87. The Kier molecular flexibility index (Phi) is 6.08. The molecule has 152 valence electrons. The molecular formula is C20H15Cl2N5O2S. The average molecular weight is 460 g/mol. The maximum Gasteiger partial charge on any atom is 0.350 e. The summed E-state index contributed by atoms with van der Waals surface area (Å²) in [5.41, 5.74) is 1.65. The maximum absolute atomic E-state index is 12.6. The third kappa shape index (κ3) is 4.67. The van der Waals surface area contributed by atoms with Gasteiger partial charge in [0.15, 0.2) is 5.65 Å². The zero-order chi connectivity index (χ0) is 21.1. The van der Waals surface area contributed by atoms with E-state index in [9.17, 15) is 9.59 Å². The molecule has 0 aliphatic rings. The summed E-state index contributed by atoms with van der Waals surface area (Å²) in [5.74, 6) is 0.272. The Morgan fingerprint density at radius 3 is 2.40 bits per heavy atom. The van der Waals surface area contributed by atoms with Crippen LogP contribution in [0.3, 0.4) is 0 Å². The Labute approximate surface area is 185 Å². The van der Waals surface area contributed by atoms with E-state index in [1.165, 1.54) is 22.4 Å². The largest absolute Gasteiger partial charge is 0.350 e. The second-order valence-electron chi connectivity index (χ2n) is 6.34. The topological polar surface area (TPSA) is 81.3 Å². The molecule has 2 aromatic carbocycles. The number of hydrogen-bond acceptors (Lipinski definition) is 5. The highest BCUT2D eigenvalue weighted by Crippen LogP contribution is 2.24. The lowest BCUT2D eigenvalue weighted by Crippen LogP contribution is -2.28. The summed E-state index contributed by atoms with van der Waals surface area (Å²) in [4.78, 5) is 29.3. The van der Waals surface area contributed by atoms with E-state index in [4.69, 9.17) is 23.2 Å². The normalized spacial score (nSPS) is 11.0. The summed E-state index contributed by atoms with van der Waals surface area (Å²) in [6.45, 7) is -0.218. The Bertz CT molecular complexity index is 1250. The maximum atomic E-state index is 12.6. The van der Waals surface area contributed by atoms with Gasteiger partial charge in [0.25, 0.3) is 0 Å². The number of nitrogens with zero attached hydrogens (tertiary/aromatic N) is 4. The van der Waals surface area contributed by atoms with E-state index in [-0.39, 0.29) is 12.5 Å². The molecule has 7 nitrogen and oxygen atoms in total. The lowest BCUT2D eigenvalue weighted by Gasteiger charge is -2.04. The van der Waals surface area contributed by atoms with Crippen molar-refractivity contribution in [3.05, 3.63) is 87.0 Å². The van der Waals surface area contributed by atoms with Gasteiger partial charge in [-0.1, -0.05) is 47.1 Å². The Balaban J connectivity index is 1.52. The number of nitrogens with one attached hydrogen (secondary N) is 1. The van der Waals surface area contributed by atoms with Gasteiger partial charge in [-0.15, -0.1) is 5.10 Å². The third-order valence-electron chi connectivity index (χ3n) is 4.18. The molecule has 10 heteroatoms. The van der Waals surface area contributed by atoms with Crippen LogP contribution in [0, 0.1) is 0 Å². The molecule has 0 unspecified atom stereocenters. The van der Waals surface area contributed by atoms with Gasteiger partial charge in [0.2, 0.25) is 5.91 Å². The summed E-state index contributed by atoms with van der Waals surface area (Å²) in [6.07, 6.45) is 3.07. The number of hydrogen-bond donors (Lipinski definition) is 1. The highest BCUT2D eigenvalue weighted by Gasteiger charge is 2.15. The van der Waals surface area contributed by atoms with Gasteiger partial charge in [0, 0.05) is 33.9 Å². The van der Waals surface area contributed by atoms with Gasteiger partial charge in [-0.3, -0.25) is 4.79 Å². The van der Waals surface area contributed by atoms with Crippen LogP contribution in [0.15, 0.2) is 70.7 Å². The molecule has 4 aromatic rings. The molecule has 0 fully saturated rings. The fourth-order valence-corrected chi connectivity index (χ4v) is 3.88. The first kappa shape index (κ1) is 20.5. The minimum atomic E-state index is -0.410. The molecule has 0 radical (unpaired) electrons. The number of amides is 1. The van der Waals surface area contributed by atoms with E-state index in [1.54, 1.807) is 30.5 Å². The molecule has 1 N–H and O–H groups in total. The monoisotopic (exact) mass is 459 g/mol. The van der Waals surface area contributed by atoms with Crippen LogP contribution >= 0.6 is 35.0 Å². The highest BCUT2D eigenvalue weighted by atomic mass is 35.5. The lowest BCUT2D eigenvalue weighted by atomic mass is 10.2. The van der Waals surface area contributed by atoms with Gasteiger partial charge < -0.3 is 5.32 Å². The summed E-state index contributed by atoms with van der Waals surface area (Å²) < 4.78 is 2.50. The van der Waals surface area contributed by atoms with Crippen molar-refractivity contribution in [1.29, 1.82) is 0 Å². The average Bonchev–Trinajstić information content (AvgIpc) is 3.05. The Morgan fingerprint density at radius 2 is 1.70 bits per heavy atom. The van der Waals surface area contributed by atoms with Crippen LogP contribution in [0.1, 0.15) is 5.56 Å². The van der Waals surface area contributed by atoms with Crippen molar-refractivity contribution in [2.24, 2.45) is 0 Å². The van der Waals surface area contributed by atoms with E-state index in [1.807, 2.05) is 24.3 Å². The van der Waals surface area contributed by atoms with Crippen molar-refractivity contribution < 1.29 is 4.79 Å². The zero-order valence-corrected chi connectivity index (χ0v) is 17.8. The van der Waals surface area contributed by atoms with Crippen molar-refractivity contribution in [3.63, 3.8) is 0 Å². The van der Waals surface area contributed by atoms with Gasteiger partial charge in [0.1, 0.15) is 11.6 Å². The minimum absolute atomic E-state index is 0.218. The van der Waals surface area contributed by atoms with E-state index >= 15 is 0 Å². The van der Waals surface area contributed by atoms with E-state index < -0.39 is 5.69 Å². The Hall–Kier alpha value is -2.81. The molecule has 0 atom stereocenters. The van der Waals surface area contributed by atoms with Crippen LogP contribution < -0.4 is 11.0 Å². The minimum Gasteiger partial charge on any atom is -0.324 e. The smallest absolute Gasteiger partial charge is 0.324 e. The number of benzene rings is 2. The van der Waals surface area contributed by atoms with Crippen molar-refractivity contribution in [2.45, 2.75) is 17.3 Å². The van der Waals surface area contributed by atoms with Crippen LogP contribution in [0.25, 0.3) is 5.65 Å². The first-order valence-electron chi connectivity index (χ1n) is 8.86. The van der Waals surface area contributed by atoms with Gasteiger partial charge in [-0.2, -0.15) is 0 Å². The first-order valence-corrected chi connectivity index (χ1v) is 10.6. The first-order chi connectivity index (χ1) is 14.5. The molecule has 0 saturated carbocycles. The van der Waals surface area contributed by atoms with Gasteiger partial charge in [-0.05, 0) is 42.0 Å². The number of halogens is 2. The van der Waals surface area contributed by atoms with Gasteiger partial charge in [-0.25, -0.2) is 18.9 Å². The lowest BCUT2D eigenvalue weighted by molar-refractivity contribution is -0.117. The number of thioether (sulfide) groups is 1. The molecule has 0 bridgehead atoms. The van der Waals surface area contributed by atoms with Crippen LogP contribution in [-0.2, 0) is 17.1 Å². The Morgan fingerprint density at radius 1 is 1.03 bits per heavy atom. The van der Waals surface area contributed by atoms with Crippen molar-refractivity contribution in [3.8, 4) is 0 Å². The molecule has 2 aromatic heterocycles. The molecule has 0 aliphatic carbocycles. The second-order valence-corrected chi connectivity index (χ2v) is 8.17. The number of anilines is 1. The van der Waals surface area contributed by atoms with Gasteiger partial charge in [0.05, 0.1) is 0 Å². The predicted octanol–water partition coefficient (Wildman–Crippen LogP) is 4.13. The fraction of sp³-hybridized carbons (Fsp3) is 0.100. The number of rotatable bonds is 6. The standard InChI is InChI=1S/C20H15Cl2N5O2S/c21-14-3-1-13(2-4-14)12-30-19-18-25-27(20(29)26(18)10-9-23-19)11-17(28)24-16-7-5-15(22)6-8-16/h1-10H,11-12H2,(H,24,28). The van der Waals surface area contributed by atoms with Crippen molar-refractivity contribution in [2.75, 3.05) is 5.32 Å². The SMILES string of the molecule is O=C(Cn1nc2c(SCc3ccc(Cl)cc3)nccn2c1=O)Nc1ccc(Cl)cc1. The van der Waals surface area contributed by atoms with Crippen LogP contribution in [0.5, 0.6) is 0 Å². The molecule has 2 heterocycles. The van der Waals surface area contributed by atoms with Crippen molar-refractivity contribution in [1.82, 2.24) is 19.2 Å². The van der Waals surface area contributed by atoms with Gasteiger partial charge >= 0.3 is 5.69 Å². The summed E-state index contributed by atoms with van der Waals surface area (Å²) in [7, 11) is 0. The number of carbonyl (C=O) groups excluding carboxylic acids is 1. The molecule has 0 spiro atoms. The molecular weight excluding hydrogens is 445 g/mol. The second kappa shape index (κ2) is 8.91. The summed E-state index contributed by atoms with van der Waals surface area (Å²) in [6, 6.07) is 14.2. The third-order valence-corrected chi connectivity index (χ3v) is 5.72. The van der Waals surface area contributed by atoms with E-state index in [0.717, 1.165) is 10.2 Å². The fourth-order valence-electron chi connectivity index (χ4n) is 2.73. The molecule has 30 heavy (non-hydrogen) atoms. The zero-order valence-electron chi connectivity index (χ0n) is 15.5. The molecule has 0 aliphatic heterocycles. The highest BCUT2D eigenvalue weighted by molar-refractivity contribution is 7.98. The predicted molar refractivity (Wildman–Crippen MR) is 118 cm³/mol. The quantitative estimate of drug-likeness (QED) is 0.438.